The van der Waals surface area contributed by atoms with E-state index in [1.54, 1.807) is 18.9 Å². The minimum atomic E-state index is 0.538. The van der Waals surface area contributed by atoms with Crippen LogP contribution in [0.2, 0.25) is 0 Å². The smallest absolute Gasteiger partial charge is 0.132 e. The topological polar surface area (TPSA) is 58.0 Å². The van der Waals surface area contributed by atoms with Crippen molar-refractivity contribution >= 4 is 5.82 Å². The van der Waals surface area contributed by atoms with Crippen LogP contribution in [0.15, 0.2) is 31.0 Å². The third kappa shape index (κ3) is 3.57. The van der Waals surface area contributed by atoms with Gasteiger partial charge in [-0.05, 0) is 25.8 Å². The highest BCUT2D eigenvalue weighted by molar-refractivity contribution is 5.39. The van der Waals surface area contributed by atoms with Gasteiger partial charge in [0.2, 0.25) is 0 Å². The van der Waals surface area contributed by atoms with Crippen LogP contribution in [0.5, 0.6) is 0 Å². The molecule has 1 aliphatic heterocycles. The lowest BCUT2D eigenvalue weighted by Crippen LogP contribution is -2.43. The van der Waals surface area contributed by atoms with Crippen molar-refractivity contribution in [2.45, 2.75) is 32.4 Å². The molecule has 1 saturated heterocycles. The average Bonchev–Trinajstić information content (AvgIpc) is 2.56. The zero-order valence-corrected chi connectivity index (χ0v) is 13.2. The molecule has 3 rings (SSSR count). The van der Waals surface area contributed by atoms with Crippen molar-refractivity contribution in [2.75, 3.05) is 25.0 Å². The fourth-order valence-corrected chi connectivity index (χ4v) is 2.93. The summed E-state index contributed by atoms with van der Waals surface area (Å²) in [5.74, 6) is 1.02. The van der Waals surface area contributed by atoms with Crippen molar-refractivity contribution < 1.29 is 0 Å². The number of rotatable bonds is 4. The summed E-state index contributed by atoms with van der Waals surface area (Å²) in [4.78, 5) is 21.6. The molecule has 3 heterocycles. The van der Waals surface area contributed by atoms with Gasteiger partial charge in [-0.1, -0.05) is 0 Å². The zero-order valence-electron chi connectivity index (χ0n) is 13.2. The fourth-order valence-electron chi connectivity index (χ4n) is 2.93. The van der Waals surface area contributed by atoms with Crippen LogP contribution in [0, 0.1) is 6.92 Å². The molecule has 0 N–H and O–H groups in total. The number of aromatic nitrogens is 4. The van der Waals surface area contributed by atoms with Gasteiger partial charge in [-0.2, -0.15) is 0 Å². The van der Waals surface area contributed by atoms with Gasteiger partial charge in [0, 0.05) is 50.7 Å². The molecule has 0 aromatic carbocycles. The van der Waals surface area contributed by atoms with E-state index in [0.717, 1.165) is 49.7 Å². The van der Waals surface area contributed by atoms with E-state index >= 15 is 0 Å². The maximum Gasteiger partial charge on any atom is 0.132 e. The molecule has 6 heteroatoms. The maximum atomic E-state index is 4.39. The van der Waals surface area contributed by atoms with Crippen molar-refractivity contribution in [1.29, 1.82) is 0 Å². The second kappa shape index (κ2) is 6.79. The minimum absolute atomic E-state index is 0.538. The summed E-state index contributed by atoms with van der Waals surface area (Å²) in [6.45, 7) is 5.08. The summed E-state index contributed by atoms with van der Waals surface area (Å²) in [5.41, 5.74) is 2.10. The Hall–Kier alpha value is -2.08. The Morgan fingerprint density at radius 3 is 2.68 bits per heavy atom. The van der Waals surface area contributed by atoms with E-state index in [-0.39, 0.29) is 0 Å². The molecule has 0 unspecified atom stereocenters. The number of anilines is 1. The molecule has 0 amide bonds. The first-order valence-corrected chi connectivity index (χ1v) is 7.71. The molecule has 2 aromatic heterocycles. The predicted molar refractivity (Wildman–Crippen MR) is 85.5 cm³/mol. The third-order valence-corrected chi connectivity index (χ3v) is 4.28. The van der Waals surface area contributed by atoms with E-state index in [0.29, 0.717) is 6.04 Å². The van der Waals surface area contributed by atoms with Crippen LogP contribution >= 0.6 is 0 Å². The minimum Gasteiger partial charge on any atom is -0.356 e. The first-order valence-electron chi connectivity index (χ1n) is 7.71. The highest BCUT2D eigenvalue weighted by Crippen LogP contribution is 2.21. The van der Waals surface area contributed by atoms with Crippen LogP contribution in [0.1, 0.15) is 24.2 Å². The van der Waals surface area contributed by atoms with Gasteiger partial charge in [-0.3, -0.25) is 4.90 Å². The molecule has 0 spiro atoms. The van der Waals surface area contributed by atoms with Crippen LogP contribution in [0.25, 0.3) is 0 Å². The van der Waals surface area contributed by atoms with E-state index in [4.69, 9.17) is 0 Å². The van der Waals surface area contributed by atoms with E-state index in [9.17, 15) is 0 Å². The van der Waals surface area contributed by atoms with Gasteiger partial charge in [-0.25, -0.2) is 19.9 Å². The average molecular weight is 298 g/mol. The Bertz CT molecular complexity index is 595. The number of hydrogen-bond acceptors (Lipinski definition) is 6. The van der Waals surface area contributed by atoms with Crippen molar-refractivity contribution in [3.8, 4) is 0 Å². The predicted octanol–water partition coefficient (Wildman–Crippen LogP) is 1.68. The van der Waals surface area contributed by atoms with Crippen LogP contribution in [-0.2, 0) is 6.54 Å². The fraction of sp³-hybridized carbons (Fsp3) is 0.500. The number of piperidine rings is 1. The number of nitrogens with zero attached hydrogens (tertiary/aromatic N) is 6. The van der Waals surface area contributed by atoms with Gasteiger partial charge in [-0.15, -0.1) is 0 Å². The van der Waals surface area contributed by atoms with E-state index in [2.05, 4.69) is 36.8 Å². The largest absolute Gasteiger partial charge is 0.356 e. The van der Waals surface area contributed by atoms with Crippen molar-refractivity contribution in [3.05, 3.63) is 42.4 Å². The first kappa shape index (κ1) is 14.8. The highest BCUT2D eigenvalue weighted by Gasteiger charge is 2.23. The number of hydrogen-bond donors (Lipinski definition) is 0. The quantitative estimate of drug-likeness (QED) is 0.856. The molecule has 116 valence electrons. The zero-order chi connectivity index (χ0) is 15.4. The lowest BCUT2D eigenvalue weighted by Gasteiger charge is -2.37. The Morgan fingerprint density at radius 1 is 1.18 bits per heavy atom. The normalized spacial score (nSPS) is 16.6. The highest BCUT2D eigenvalue weighted by atomic mass is 15.2. The Labute approximate surface area is 131 Å². The standard InChI is InChI=1S/C16H22N6/c1-13-9-16(20-12-18-13)21(2)15-4-7-22(8-5-15)10-14-3-6-17-11-19-14/h3,6,9,11-12,15H,4-5,7-8,10H2,1-2H3. The van der Waals surface area contributed by atoms with E-state index in [1.165, 1.54) is 0 Å². The molecular formula is C16H22N6. The molecule has 1 aliphatic rings. The summed E-state index contributed by atoms with van der Waals surface area (Å²) in [5, 5.41) is 0. The third-order valence-electron chi connectivity index (χ3n) is 4.28. The van der Waals surface area contributed by atoms with Gasteiger partial charge in [0.15, 0.2) is 0 Å². The van der Waals surface area contributed by atoms with Crippen LogP contribution in [-0.4, -0.2) is 51.0 Å². The first-order chi connectivity index (χ1) is 10.7. The molecule has 22 heavy (non-hydrogen) atoms. The molecule has 2 aromatic rings. The van der Waals surface area contributed by atoms with Crippen LogP contribution in [0.4, 0.5) is 5.82 Å². The molecular weight excluding hydrogens is 276 g/mol. The second-order valence-corrected chi connectivity index (χ2v) is 5.84. The number of likely N-dealkylation sites (tertiary alicyclic amines) is 1. The van der Waals surface area contributed by atoms with Gasteiger partial charge in [0.25, 0.3) is 0 Å². The summed E-state index contributed by atoms with van der Waals surface area (Å²) < 4.78 is 0. The molecule has 0 atom stereocenters. The molecule has 0 aliphatic carbocycles. The van der Waals surface area contributed by atoms with Gasteiger partial charge < -0.3 is 4.90 Å². The molecule has 6 nitrogen and oxygen atoms in total. The number of aryl methyl sites for hydroxylation is 1. The summed E-state index contributed by atoms with van der Waals surface area (Å²) in [6, 6.07) is 4.57. The molecule has 0 bridgehead atoms. The lowest BCUT2D eigenvalue weighted by molar-refractivity contribution is 0.201. The Balaban J connectivity index is 1.55. The second-order valence-electron chi connectivity index (χ2n) is 5.84. The lowest BCUT2D eigenvalue weighted by atomic mass is 10.0. The van der Waals surface area contributed by atoms with Crippen molar-refractivity contribution in [2.24, 2.45) is 0 Å². The monoisotopic (exact) mass is 298 g/mol. The van der Waals surface area contributed by atoms with Crippen molar-refractivity contribution in [3.63, 3.8) is 0 Å². The molecule has 1 fully saturated rings. The Morgan fingerprint density at radius 2 is 2.00 bits per heavy atom. The van der Waals surface area contributed by atoms with Crippen LogP contribution in [0.3, 0.4) is 0 Å². The summed E-state index contributed by atoms with van der Waals surface area (Å²) >= 11 is 0. The molecule has 0 saturated carbocycles. The summed E-state index contributed by atoms with van der Waals surface area (Å²) in [7, 11) is 2.13. The van der Waals surface area contributed by atoms with E-state index in [1.807, 2.05) is 19.1 Å². The van der Waals surface area contributed by atoms with Crippen molar-refractivity contribution in [1.82, 2.24) is 24.8 Å². The van der Waals surface area contributed by atoms with E-state index < -0.39 is 0 Å². The van der Waals surface area contributed by atoms with Gasteiger partial charge in [0.05, 0.1) is 5.69 Å². The SMILES string of the molecule is Cc1cc(N(C)C2CCN(Cc3ccncn3)CC2)ncn1. The van der Waals surface area contributed by atoms with Gasteiger partial charge >= 0.3 is 0 Å². The van der Waals surface area contributed by atoms with Crippen LogP contribution < -0.4 is 4.90 Å². The molecule has 0 radical (unpaired) electrons. The van der Waals surface area contributed by atoms with Gasteiger partial charge in [0.1, 0.15) is 18.5 Å². The maximum absolute atomic E-state index is 4.39. The Kier molecular flexibility index (Phi) is 4.58. The summed E-state index contributed by atoms with van der Waals surface area (Å²) in [6.07, 6.45) is 7.36.